The number of sulfone groups is 1. The van der Waals surface area contributed by atoms with Gasteiger partial charge in [-0.25, -0.2) is 13.4 Å². The Labute approximate surface area is 112 Å². The number of hydrogen-bond acceptors (Lipinski definition) is 5. The molecule has 1 fully saturated rings. The first kappa shape index (κ1) is 14.0. The van der Waals surface area contributed by atoms with E-state index in [0.717, 1.165) is 0 Å². The second kappa shape index (κ2) is 5.32. The summed E-state index contributed by atoms with van der Waals surface area (Å²) < 4.78 is 22.7. The molecule has 1 aliphatic heterocycles. The Hall–Kier alpha value is -1.37. The lowest BCUT2D eigenvalue weighted by atomic mass is 10.1. The zero-order chi connectivity index (χ0) is 14.0. The van der Waals surface area contributed by atoms with Crippen molar-refractivity contribution in [1.29, 1.82) is 0 Å². The summed E-state index contributed by atoms with van der Waals surface area (Å²) in [6, 6.07) is 1.48. The van der Waals surface area contributed by atoms with Crippen LogP contribution in [0, 0.1) is 0 Å². The van der Waals surface area contributed by atoms with E-state index < -0.39 is 9.84 Å². The molecule has 2 N–H and O–H groups in total. The van der Waals surface area contributed by atoms with Crippen molar-refractivity contribution in [2.24, 2.45) is 0 Å². The van der Waals surface area contributed by atoms with Crippen molar-refractivity contribution in [1.82, 2.24) is 9.97 Å². The van der Waals surface area contributed by atoms with Gasteiger partial charge in [0.25, 0.3) is 5.56 Å². The summed E-state index contributed by atoms with van der Waals surface area (Å²) >= 11 is 0. The summed E-state index contributed by atoms with van der Waals surface area (Å²) in [7, 11) is -2.87. The van der Waals surface area contributed by atoms with E-state index in [1.54, 1.807) is 0 Å². The highest BCUT2D eigenvalue weighted by atomic mass is 32.2. The third kappa shape index (κ3) is 3.79. The Bertz CT molecular complexity index is 593. The average Bonchev–Trinajstić information content (AvgIpc) is 2.31. The molecule has 0 unspecified atom stereocenters. The smallest absolute Gasteiger partial charge is 0.252 e. The number of nitrogens with one attached hydrogen (secondary N) is 2. The molecule has 0 saturated carbocycles. The molecule has 106 valence electrons. The lowest BCUT2D eigenvalue weighted by Gasteiger charge is -2.23. The molecule has 2 rings (SSSR count). The van der Waals surface area contributed by atoms with Gasteiger partial charge in [-0.3, -0.25) is 4.79 Å². The maximum atomic E-state index is 11.5. The predicted molar refractivity (Wildman–Crippen MR) is 74.2 cm³/mol. The van der Waals surface area contributed by atoms with Crippen LogP contribution in [0.3, 0.4) is 0 Å². The first-order chi connectivity index (χ1) is 8.85. The van der Waals surface area contributed by atoms with E-state index in [-0.39, 0.29) is 29.0 Å². The molecule has 0 aromatic carbocycles. The molecular weight excluding hydrogens is 266 g/mol. The molecule has 0 aliphatic carbocycles. The molecule has 7 heteroatoms. The third-order valence-corrected chi connectivity index (χ3v) is 4.93. The largest absolute Gasteiger partial charge is 0.367 e. The number of H-pyrrole nitrogens is 1. The summed E-state index contributed by atoms with van der Waals surface area (Å²) in [5.74, 6) is 1.70. The number of hydrogen-bond donors (Lipinski definition) is 2. The van der Waals surface area contributed by atoms with E-state index >= 15 is 0 Å². The molecule has 0 atom stereocenters. The van der Waals surface area contributed by atoms with Crippen molar-refractivity contribution < 1.29 is 8.42 Å². The van der Waals surface area contributed by atoms with Crippen LogP contribution in [-0.2, 0) is 9.84 Å². The fourth-order valence-electron chi connectivity index (χ4n) is 2.07. The van der Waals surface area contributed by atoms with Gasteiger partial charge in [0.1, 0.15) is 21.5 Å². The summed E-state index contributed by atoms with van der Waals surface area (Å²) in [5, 5.41) is 3.16. The van der Waals surface area contributed by atoms with Crippen molar-refractivity contribution in [3.05, 3.63) is 22.2 Å². The maximum absolute atomic E-state index is 11.5. The van der Waals surface area contributed by atoms with Gasteiger partial charge in [0, 0.05) is 18.0 Å². The fraction of sp³-hybridized carbons (Fsp3) is 0.667. The SMILES string of the molecule is CC(C)c1nc(NC2CCS(=O)(=O)CC2)cc(=O)[nH]1. The zero-order valence-corrected chi connectivity index (χ0v) is 12.0. The van der Waals surface area contributed by atoms with Gasteiger partial charge in [0.2, 0.25) is 0 Å². The van der Waals surface area contributed by atoms with Crippen LogP contribution in [0.4, 0.5) is 5.82 Å². The van der Waals surface area contributed by atoms with Gasteiger partial charge >= 0.3 is 0 Å². The number of aromatic amines is 1. The molecule has 0 spiro atoms. The highest BCUT2D eigenvalue weighted by molar-refractivity contribution is 7.91. The topological polar surface area (TPSA) is 91.9 Å². The second-order valence-corrected chi connectivity index (χ2v) is 7.54. The molecule has 2 heterocycles. The van der Waals surface area contributed by atoms with Gasteiger partial charge in [-0.05, 0) is 12.8 Å². The third-order valence-electron chi connectivity index (χ3n) is 3.21. The van der Waals surface area contributed by atoms with Crippen molar-refractivity contribution >= 4 is 15.7 Å². The van der Waals surface area contributed by atoms with Gasteiger partial charge in [-0.15, -0.1) is 0 Å². The second-order valence-electron chi connectivity index (χ2n) is 5.24. The summed E-state index contributed by atoms with van der Waals surface area (Å²) in [6.07, 6.45) is 1.13. The lowest BCUT2D eigenvalue weighted by Crippen LogP contribution is -2.33. The minimum atomic E-state index is -2.87. The molecule has 1 saturated heterocycles. The molecule has 0 bridgehead atoms. The quantitative estimate of drug-likeness (QED) is 0.860. The van der Waals surface area contributed by atoms with Gasteiger partial charge in [0.05, 0.1) is 11.5 Å². The molecule has 19 heavy (non-hydrogen) atoms. The van der Waals surface area contributed by atoms with Crippen molar-refractivity contribution in [2.45, 2.75) is 38.6 Å². The number of aromatic nitrogens is 2. The molecule has 1 aromatic rings. The summed E-state index contributed by atoms with van der Waals surface area (Å²) in [5.41, 5.74) is -0.190. The molecular formula is C12H19N3O3S. The van der Waals surface area contributed by atoms with Crippen LogP contribution in [-0.4, -0.2) is 35.9 Å². The van der Waals surface area contributed by atoms with E-state index in [1.807, 2.05) is 13.8 Å². The maximum Gasteiger partial charge on any atom is 0.252 e. The Morgan fingerprint density at radius 3 is 2.58 bits per heavy atom. The van der Waals surface area contributed by atoms with E-state index in [2.05, 4.69) is 15.3 Å². The molecule has 1 aromatic heterocycles. The Morgan fingerprint density at radius 2 is 2.00 bits per heavy atom. The van der Waals surface area contributed by atoms with E-state index in [4.69, 9.17) is 0 Å². The monoisotopic (exact) mass is 285 g/mol. The van der Waals surface area contributed by atoms with Crippen LogP contribution in [0.1, 0.15) is 38.4 Å². The highest BCUT2D eigenvalue weighted by Gasteiger charge is 2.23. The van der Waals surface area contributed by atoms with Gasteiger partial charge < -0.3 is 10.3 Å². The molecule has 0 amide bonds. The first-order valence-corrected chi connectivity index (χ1v) is 8.26. The number of rotatable bonds is 3. The predicted octanol–water partition coefficient (Wildman–Crippen LogP) is 0.882. The lowest BCUT2D eigenvalue weighted by molar-refractivity contribution is 0.558. The van der Waals surface area contributed by atoms with Gasteiger partial charge in [-0.2, -0.15) is 0 Å². The van der Waals surface area contributed by atoms with E-state index in [9.17, 15) is 13.2 Å². The molecule has 0 radical (unpaired) electrons. The Kier molecular flexibility index (Phi) is 3.93. The standard InChI is InChI=1S/C12H19N3O3S/c1-8(2)12-14-10(7-11(16)15-12)13-9-3-5-19(17,18)6-4-9/h7-9H,3-6H2,1-2H3,(H2,13,14,15,16). The van der Waals surface area contributed by atoms with E-state index in [1.165, 1.54) is 6.07 Å². The minimum absolute atomic E-state index is 0.0674. The minimum Gasteiger partial charge on any atom is -0.367 e. The molecule has 6 nitrogen and oxygen atoms in total. The highest BCUT2D eigenvalue weighted by Crippen LogP contribution is 2.17. The fourth-order valence-corrected chi connectivity index (χ4v) is 3.56. The van der Waals surface area contributed by atoms with Crippen molar-refractivity contribution in [2.75, 3.05) is 16.8 Å². The summed E-state index contributed by atoms with van der Waals surface area (Å²) in [4.78, 5) is 18.6. The first-order valence-electron chi connectivity index (χ1n) is 6.44. The van der Waals surface area contributed by atoms with Crippen LogP contribution in [0.5, 0.6) is 0 Å². The number of anilines is 1. The van der Waals surface area contributed by atoms with Gasteiger partial charge in [-0.1, -0.05) is 13.8 Å². The average molecular weight is 285 g/mol. The van der Waals surface area contributed by atoms with Crippen LogP contribution in [0.15, 0.2) is 10.9 Å². The van der Waals surface area contributed by atoms with E-state index in [0.29, 0.717) is 24.5 Å². The Morgan fingerprint density at radius 1 is 1.37 bits per heavy atom. The normalized spacial score (nSPS) is 19.5. The summed E-state index contributed by atoms with van der Waals surface area (Å²) in [6.45, 7) is 3.91. The van der Waals surface area contributed by atoms with Crippen LogP contribution in [0.2, 0.25) is 0 Å². The Balaban J connectivity index is 2.10. The van der Waals surface area contributed by atoms with Crippen LogP contribution < -0.4 is 10.9 Å². The van der Waals surface area contributed by atoms with Crippen molar-refractivity contribution in [3.8, 4) is 0 Å². The van der Waals surface area contributed by atoms with Crippen LogP contribution >= 0.6 is 0 Å². The zero-order valence-electron chi connectivity index (χ0n) is 11.1. The van der Waals surface area contributed by atoms with Crippen LogP contribution in [0.25, 0.3) is 0 Å². The molecule has 1 aliphatic rings. The number of nitrogens with zero attached hydrogens (tertiary/aromatic N) is 1. The van der Waals surface area contributed by atoms with Crippen molar-refractivity contribution in [3.63, 3.8) is 0 Å². The van der Waals surface area contributed by atoms with Gasteiger partial charge in [0.15, 0.2) is 0 Å².